The van der Waals surface area contributed by atoms with Gasteiger partial charge < -0.3 is 15.5 Å². The number of benzene rings is 1. The summed E-state index contributed by atoms with van der Waals surface area (Å²) in [6.07, 6.45) is 7.81. The van der Waals surface area contributed by atoms with Gasteiger partial charge in [-0.25, -0.2) is 0 Å². The van der Waals surface area contributed by atoms with Crippen molar-refractivity contribution in [3.8, 4) is 0 Å². The van der Waals surface area contributed by atoms with E-state index in [0.29, 0.717) is 11.5 Å². The van der Waals surface area contributed by atoms with Crippen molar-refractivity contribution in [2.45, 2.75) is 44.9 Å². The van der Waals surface area contributed by atoms with Crippen LogP contribution in [0.5, 0.6) is 0 Å². The maximum atomic E-state index is 13.1. The number of hydrogen-bond acceptors (Lipinski definition) is 3. The van der Waals surface area contributed by atoms with Crippen molar-refractivity contribution in [2.75, 3.05) is 31.5 Å². The molecule has 1 aromatic carbocycles. The van der Waals surface area contributed by atoms with Crippen molar-refractivity contribution in [1.29, 1.82) is 0 Å². The molecule has 1 aliphatic carbocycles. The van der Waals surface area contributed by atoms with Gasteiger partial charge in [-0.3, -0.25) is 9.59 Å². The molecule has 2 saturated heterocycles. The molecule has 0 spiro atoms. The molecule has 4 rings (SSSR count). The van der Waals surface area contributed by atoms with Gasteiger partial charge in [0.15, 0.2) is 0 Å². The Hall–Kier alpha value is -1.59. The quantitative estimate of drug-likeness (QED) is 0.829. The van der Waals surface area contributed by atoms with Crippen LogP contribution in [0.15, 0.2) is 24.3 Å². The van der Waals surface area contributed by atoms with Crippen molar-refractivity contribution < 1.29 is 9.59 Å². The average molecular weight is 392 g/mol. The largest absolute Gasteiger partial charge is 0.339 e. The molecule has 2 heterocycles. The number of rotatable bonds is 3. The number of fused-ring (bicyclic) bond motifs is 1. The van der Waals surface area contributed by atoms with E-state index in [1.54, 1.807) is 0 Å². The molecule has 3 fully saturated rings. The van der Waals surface area contributed by atoms with Crippen LogP contribution in [-0.2, 0) is 4.79 Å². The van der Waals surface area contributed by atoms with Crippen LogP contribution in [-0.4, -0.2) is 42.9 Å². The van der Waals surface area contributed by atoms with Crippen LogP contribution in [0.25, 0.3) is 0 Å². The van der Waals surface area contributed by atoms with Gasteiger partial charge in [0, 0.05) is 30.9 Å². The minimum Gasteiger partial charge on any atom is -0.339 e. The molecule has 2 amide bonds. The van der Waals surface area contributed by atoms with E-state index in [-0.39, 0.29) is 29.6 Å². The third-order valence-corrected chi connectivity index (χ3v) is 6.50. The van der Waals surface area contributed by atoms with Crippen LogP contribution in [0, 0.1) is 11.3 Å². The molecular formula is C21H30ClN3O2. The summed E-state index contributed by atoms with van der Waals surface area (Å²) in [7, 11) is 0. The summed E-state index contributed by atoms with van der Waals surface area (Å²) < 4.78 is 0. The first-order valence-corrected chi connectivity index (χ1v) is 10.1. The number of hydrogen-bond donors (Lipinski definition) is 2. The summed E-state index contributed by atoms with van der Waals surface area (Å²) in [5.41, 5.74) is 1.14. The van der Waals surface area contributed by atoms with Crippen molar-refractivity contribution in [1.82, 2.24) is 10.2 Å². The second kappa shape index (κ2) is 8.61. The Morgan fingerprint density at radius 1 is 1.11 bits per heavy atom. The fourth-order valence-electron chi connectivity index (χ4n) is 4.96. The van der Waals surface area contributed by atoms with Crippen LogP contribution in [0.3, 0.4) is 0 Å². The highest BCUT2D eigenvalue weighted by Gasteiger charge is 2.49. The second-order valence-corrected chi connectivity index (χ2v) is 8.12. The Morgan fingerprint density at radius 2 is 1.93 bits per heavy atom. The number of anilines is 1. The maximum Gasteiger partial charge on any atom is 0.253 e. The molecule has 1 aromatic rings. The Labute approximate surface area is 167 Å². The molecule has 2 atom stereocenters. The van der Waals surface area contributed by atoms with Crippen LogP contribution in [0.2, 0.25) is 0 Å². The molecule has 27 heavy (non-hydrogen) atoms. The highest BCUT2D eigenvalue weighted by Crippen LogP contribution is 2.44. The van der Waals surface area contributed by atoms with Crippen molar-refractivity contribution in [2.24, 2.45) is 11.3 Å². The topological polar surface area (TPSA) is 61.4 Å². The summed E-state index contributed by atoms with van der Waals surface area (Å²) in [5.74, 6) is 0.640. The van der Waals surface area contributed by atoms with E-state index in [2.05, 4.69) is 10.6 Å². The Morgan fingerprint density at radius 3 is 2.74 bits per heavy atom. The van der Waals surface area contributed by atoms with Gasteiger partial charge in [0.1, 0.15) is 0 Å². The molecule has 2 aliphatic heterocycles. The molecule has 0 bridgehead atoms. The number of carbonyl (C=O) groups is 2. The number of nitrogens with one attached hydrogen (secondary N) is 2. The average Bonchev–Trinajstić information content (AvgIpc) is 3.14. The van der Waals surface area contributed by atoms with Gasteiger partial charge in [-0.1, -0.05) is 18.9 Å². The predicted molar refractivity (Wildman–Crippen MR) is 109 cm³/mol. The molecule has 0 radical (unpaired) electrons. The van der Waals surface area contributed by atoms with Gasteiger partial charge in [0.05, 0.1) is 5.41 Å². The summed E-state index contributed by atoms with van der Waals surface area (Å²) in [4.78, 5) is 27.8. The summed E-state index contributed by atoms with van der Waals surface area (Å²) in [6, 6.07) is 7.45. The van der Waals surface area contributed by atoms with Crippen molar-refractivity contribution in [3.05, 3.63) is 29.8 Å². The predicted octanol–water partition coefficient (Wildman–Crippen LogP) is 3.45. The lowest BCUT2D eigenvalue weighted by atomic mass is 9.67. The molecule has 0 unspecified atom stereocenters. The molecule has 6 heteroatoms. The molecule has 5 nitrogen and oxygen atoms in total. The van der Waals surface area contributed by atoms with E-state index in [1.165, 1.54) is 12.8 Å². The first-order chi connectivity index (χ1) is 12.7. The summed E-state index contributed by atoms with van der Waals surface area (Å²) >= 11 is 0. The number of piperidine rings is 1. The minimum atomic E-state index is -0.273. The molecular weight excluding hydrogens is 362 g/mol. The number of nitrogens with zero attached hydrogens (tertiary/aromatic N) is 1. The number of halogens is 1. The van der Waals surface area contributed by atoms with Crippen LogP contribution >= 0.6 is 12.4 Å². The number of likely N-dealkylation sites (tertiary alicyclic amines) is 1. The van der Waals surface area contributed by atoms with Gasteiger partial charge in [-0.2, -0.15) is 0 Å². The highest BCUT2D eigenvalue weighted by atomic mass is 35.5. The lowest BCUT2D eigenvalue weighted by molar-refractivity contribution is -0.128. The van der Waals surface area contributed by atoms with Crippen LogP contribution in [0.4, 0.5) is 5.69 Å². The molecule has 148 valence electrons. The van der Waals surface area contributed by atoms with Crippen LogP contribution in [0.1, 0.15) is 55.3 Å². The Balaban J connectivity index is 0.00000210. The summed E-state index contributed by atoms with van der Waals surface area (Å²) in [5, 5.41) is 6.55. The summed E-state index contributed by atoms with van der Waals surface area (Å²) in [6.45, 7) is 3.40. The van der Waals surface area contributed by atoms with Gasteiger partial charge in [-0.05, 0) is 62.8 Å². The first-order valence-electron chi connectivity index (χ1n) is 10.1. The Kier molecular flexibility index (Phi) is 6.43. The lowest BCUT2D eigenvalue weighted by Crippen LogP contribution is -2.44. The smallest absolute Gasteiger partial charge is 0.253 e. The van der Waals surface area contributed by atoms with Gasteiger partial charge in [-0.15, -0.1) is 12.4 Å². The van der Waals surface area contributed by atoms with Crippen LogP contribution < -0.4 is 10.6 Å². The Bertz CT molecular complexity index is 690. The van der Waals surface area contributed by atoms with E-state index in [0.717, 1.165) is 64.0 Å². The van der Waals surface area contributed by atoms with Gasteiger partial charge in [0.2, 0.25) is 5.91 Å². The minimum absolute atomic E-state index is 0. The van der Waals surface area contributed by atoms with E-state index in [9.17, 15) is 9.59 Å². The third-order valence-electron chi connectivity index (χ3n) is 6.50. The molecule has 1 saturated carbocycles. The van der Waals surface area contributed by atoms with Crippen molar-refractivity contribution >= 4 is 29.9 Å². The molecule has 2 N–H and O–H groups in total. The number of amides is 2. The normalized spacial score (nSPS) is 27.4. The number of carbonyl (C=O) groups excluding carboxylic acids is 2. The zero-order valence-electron chi connectivity index (χ0n) is 15.8. The zero-order valence-corrected chi connectivity index (χ0v) is 16.7. The second-order valence-electron chi connectivity index (χ2n) is 8.12. The fourth-order valence-corrected chi connectivity index (χ4v) is 4.96. The monoisotopic (exact) mass is 391 g/mol. The standard InChI is InChI=1S/C21H29N3O2.ClH/c25-19(24-11-4-1-5-12-24)16-7-6-9-18(13-16)23-20(26)21-10-3-2-8-17(21)14-22-15-21;/h6-7,9,13,17,22H,1-5,8,10-12,14-15H2,(H,23,26);1H/t17-,21+;/m0./s1. The van der Waals surface area contributed by atoms with E-state index in [4.69, 9.17) is 0 Å². The van der Waals surface area contributed by atoms with E-state index >= 15 is 0 Å². The third kappa shape index (κ3) is 3.99. The fraction of sp³-hybridized carbons (Fsp3) is 0.619. The van der Waals surface area contributed by atoms with Gasteiger partial charge >= 0.3 is 0 Å². The van der Waals surface area contributed by atoms with E-state index in [1.807, 2.05) is 29.2 Å². The lowest BCUT2D eigenvalue weighted by Gasteiger charge is -2.37. The molecule has 0 aromatic heterocycles. The molecule has 3 aliphatic rings. The maximum absolute atomic E-state index is 13.1. The van der Waals surface area contributed by atoms with Crippen molar-refractivity contribution in [3.63, 3.8) is 0 Å². The van der Waals surface area contributed by atoms with E-state index < -0.39 is 0 Å². The SMILES string of the molecule is Cl.O=C(c1cccc(NC(=O)[C@@]23CCCC[C@H]2CNC3)c1)N1CCCCC1. The van der Waals surface area contributed by atoms with Gasteiger partial charge in [0.25, 0.3) is 5.91 Å². The zero-order chi connectivity index (χ0) is 18.0. The highest BCUT2D eigenvalue weighted by molar-refractivity contribution is 5.99. The first kappa shape index (κ1) is 20.2.